The van der Waals surface area contributed by atoms with Crippen molar-refractivity contribution < 1.29 is 14.2 Å². The summed E-state index contributed by atoms with van der Waals surface area (Å²) in [5.74, 6) is 0.915. The van der Waals surface area contributed by atoms with Crippen LogP contribution in [0, 0.1) is 0 Å². The number of rotatable bonds is 5. The first-order valence-electron chi connectivity index (χ1n) is 8.60. The van der Waals surface area contributed by atoms with Crippen molar-refractivity contribution in [3.05, 3.63) is 29.8 Å². The van der Waals surface area contributed by atoms with Gasteiger partial charge in [-0.25, -0.2) is 0 Å². The van der Waals surface area contributed by atoms with E-state index in [0.29, 0.717) is 6.10 Å². The molecule has 1 unspecified atom stereocenters. The Kier molecular flexibility index (Phi) is 6.28. The predicted octanol–water partition coefficient (Wildman–Crippen LogP) is 1.62. The Hall–Kier alpha value is -1.14. The summed E-state index contributed by atoms with van der Waals surface area (Å²) in [4.78, 5) is 4.98. The van der Waals surface area contributed by atoms with Crippen molar-refractivity contribution in [1.29, 1.82) is 0 Å². The van der Waals surface area contributed by atoms with Gasteiger partial charge in [-0.05, 0) is 24.1 Å². The molecule has 2 saturated heterocycles. The van der Waals surface area contributed by atoms with Crippen molar-refractivity contribution in [3.63, 3.8) is 0 Å². The van der Waals surface area contributed by atoms with Gasteiger partial charge in [-0.1, -0.05) is 12.1 Å². The summed E-state index contributed by atoms with van der Waals surface area (Å²) in [7, 11) is 1.71. The molecule has 0 bridgehead atoms. The number of ether oxygens (including phenoxy) is 3. The lowest BCUT2D eigenvalue weighted by atomic mass is 10.2. The van der Waals surface area contributed by atoms with Crippen LogP contribution in [0.2, 0.25) is 0 Å². The third-order valence-electron chi connectivity index (χ3n) is 4.56. The molecule has 0 radical (unpaired) electrons. The highest BCUT2D eigenvalue weighted by atomic mass is 16.5. The summed E-state index contributed by atoms with van der Waals surface area (Å²) >= 11 is 0. The molecule has 1 atom stereocenters. The van der Waals surface area contributed by atoms with Crippen molar-refractivity contribution in [3.8, 4) is 5.75 Å². The molecule has 2 fully saturated rings. The fourth-order valence-electron chi connectivity index (χ4n) is 3.29. The van der Waals surface area contributed by atoms with E-state index in [2.05, 4.69) is 21.9 Å². The zero-order valence-corrected chi connectivity index (χ0v) is 14.1. The first-order valence-corrected chi connectivity index (χ1v) is 8.60. The van der Waals surface area contributed by atoms with Crippen LogP contribution in [-0.4, -0.2) is 75.6 Å². The van der Waals surface area contributed by atoms with E-state index < -0.39 is 0 Å². The predicted molar refractivity (Wildman–Crippen MR) is 89.9 cm³/mol. The number of nitrogens with zero attached hydrogens (tertiary/aromatic N) is 2. The Morgan fingerprint density at radius 1 is 1.04 bits per heavy atom. The standard InChI is InChI=1S/C18H28N2O3/c1-21-17-5-3-16(4-6-17)13-20-7-2-10-23-18(15-20)14-19-8-11-22-12-9-19/h3-6,18H,2,7-15H2,1H3. The van der Waals surface area contributed by atoms with Gasteiger partial charge in [0.1, 0.15) is 5.75 Å². The molecule has 1 aromatic carbocycles. The summed E-state index contributed by atoms with van der Waals surface area (Å²) in [5, 5.41) is 0. The van der Waals surface area contributed by atoms with E-state index in [4.69, 9.17) is 14.2 Å². The maximum Gasteiger partial charge on any atom is 0.118 e. The first-order chi connectivity index (χ1) is 11.3. The van der Waals surface area contributed by atoms with Crippen LogP contribution in [0.15, 0.2) is 24.3 Å². The Morgan fingerprint density at radius 2 is 1.83 bits per heavy atom. The molecular formula is C18H28N2O3. The van der Waals surface area contributed by atoms with Crippen LogP contribution in [0.4, 0.5) is 0 Å². The Labute approximate surface area is 139 Å². The first kappa shape index (κ1) is 16.7. The lowest BCUT2D eigenvalue weighted by Crippen LogP contribution is -2.44. The minimum atomic E-state index is 0.300. The summed E-state index contributed by atoms with van der Waals surface area (Å²) < 4.78 is 16.7. The monoisotopic (exact) mass is 320 g/mol. The largest absolute Gasteiger partial charge is 0.497 e. The van der Waals surface area contributed by atoms with Gasteiger partial charge in [-0.15, -0.1) is 0 Å². The molecule has 23 heavy (non-hydrogen) atoms. The lowest BCUT2D eigenvalue weighted by Gasteiger charge is -2.31. The van der Waals surface area contributed by atoms with Crippen molar-refractivity contribution in [2.24, 2.45) is 0 Å². The van der Waals surface area contributed by atoms with Crippen LogP contribution in [0.25, 0.3) is 0 Å². The van der Waals surface area contributed by atoms with E-state index in [1.54, 1.807) is 7.11 Å². The van der Waals surface area contributed by atoms with Gasteiger partial charge in [0.2, 0.25) is 0 Å². The van der Waals surface area contributed by atoms with Gasteiger partial charge in [0.25, 0.3) is 0 Å². The molecule has 1 aromatic rings. The average molecular weight is 320 g/mol. The van der Waals surface area contributed by atoms with E-state index >= 15 is 0 Å². The number of hydrogen-bond donors (Lipinski definition) is 0. The molecule has 5 heteroatoms. The molecule has 0 aliphatic carbocycles. The van der Waals surface area contributed by atoms with Crippen LogP contribution >= 0.6 is 0 Å². The van der Waals surface area contributed by atoms with Gasteiger partial charge in [0, 0.05) is 45.9 Å². The van der Waals surface area contributed by atoms with Gasteiger partial charge in [0.05, 0.1) is 26.4 Å². The van der Waals surface area contributed by atoms with Gasteiger partial charge >= 0.3 is 0 Å². The van der Waals surface area contributed by atoms with E-state index in [1.165, 1.54) is 5.56 Å². The Balaban J connectivity index is 1.53. The molecule has 128 valence electrons. The normalized spacial score (nSPS) is 24.3. The zero-order chi connectivity index (χ0) is 15.9. The minimum Gasteiger partial charge on any atom is -0.497 e. The van der Waals surface area contributed by atoms with Crippen LogP contribution in [-0.2, 0) is 16.0 Å². The molecule has 5 nitrogen and oxygen atoms in total. The smallest absolute Gasteiger partial charge is 0.118 e. The third kappa shape index (κ3) is 5.18. The highest BCUT2D eigenvalue weighted by Gasteiger charge is 2.22. The third-order valence-corrected chi connectivity index (χ3v) is 4.56. The number of methoxy groups -OCH3 is 1. The van der Waals surface area contributed by atoms with Gasteiger partial charge in [-0.3, -0.25) is 9.80 Å². The SMILES string of the molecule is COc1ccc(CN2CCCOC(CN3CCOCC3)C2)cc1. The van der Waals surface area contributed by atoms with Crippen molar-refractivity contribution in [2.45, 2.75) is 19.1 Å². The number of hydrogen-bond acceptors (Lipinski definition) is 5. The molecule has 2 heterocycles. The van der Waals surface area contributed by atoms with Crippen LogP contribution in [0.3, 0.4) is 0 Å². The summed E-state index contributed by atoms with van der Waals surface area (Å²) in [6.07, 6.45) is 1.41. The maximum atomic E-state index is 6.07. The van der Waals surface area contributed by atoms with Crippen molar-refractivity contribution in [2.75, 3.05) is 59.7 Å². The second-order valence-corrected chi connectivity index (χ2v) is 6.34. The fraction of sp³-hybridized carbons (Fsp3) is 0.667. The Bertz CT molecular complexity index is 460. The quantitative estimate of drug-likeness (QED) is 0.823. The van der Waals surface area contributed by atoms with E-state index in [1.807, 2.05) is 12.1 Å². The highest BCUT2D eigenvalue weighted by molar-refractivity contribution is 5.27. The van der Waals surface area contributed by atoms with Gasteiger partial charge in [0.15, 0.2) is 0 Å². The van der Waals surface area contributed by atoms with E-state index in [-0.39, 0.29) is 0 Å². The number of morpholine rings is 1. The molecule has 2 aliphatic rings. The molecule has 0 saturated carbocycles. The second kappa shape index (κ2) is 8.64. The van der Waals surface area contributed by atoms with Crippen LogP contribution in [0.1, 0.15) is 12.0 Å². The fourth-order valence-corrected chi connectivity index (χ4v) is 3.29. The van der Waals surface area contributed by atoms with E-state index in [9.17, 15) is 0 Å². The topological polar surface area (TPSA) is 34.2 Å². The average Bonchev–Trinajstić information content (AvgIpc) is 2.81. The maximum absolute atomic E-state index is 6.07. The summed E-state index contributed by atoms with van der Waals surface area (Å²) in [6.45, 7) is 8.72. The Morgan fingerprint density at radius 3 is 2.57 bits per heavy atom. The highest BCUT2D eigenvalue weighted by Crippen LogP contribution is 2.15. The second-order valence-electron chi connectivity index (χ2n) is 6.34. The molecule has 0 aromatic heterocycles. The molecule has 3 rings (SSSR count). The summed E-state index contributed by atoms with van der Waals surface area (Å²) in [5.41, 5.74) is 1.33. The molecule has 0 spiro atoms. The molecular weight excluding hydrogens is 292 g/mol. The number of benzene rings is 1. The lowest BCUT2D eigenvalue weighted by molar-refractivity contribution is -0.0122. The van der Waals surface area contributed by atoms with Gasteiger partial charge < -0.3 is 14.2 Å². The summed E-state index contributed by atoms with van der Waals surface area (Å²) in [6, 6.07) is 8.38. The van der Waals surface area contributed by atoms with Gasteiger partial charge in [-0.2, -0.15) is 0 Å². The van der Waals surface area contributed by atoms with Crippen molar-refractivity contribution in [1.82, 2.24) is 9.80 Å². The minimum absolute atomic E-state index is 0.300. The van der Waals surface area contributed by atoms with Crippen LogP contribution in [0.5, 0.6) is 5.75 Å². The van der Waals surface area contributed by atoms with Crippen LogP contribution < -0.4 is 4.74 Å². The molecule has 0 amide bonds. The molecule has 0 N–H and O–H groups in total. The van der Waals surface area contributed by atoms with Crippen molar-refractivity contribution >= 4 is 0 Å². The van der Waals surface area contributed by atoms with E-state index in [0.717, 1.165) is 71.3 Å². The molecule has 2 aliphatic heterocycles. The zero-order valence-electron chi connectivity index (χ0n) is 14.1.